The zero-order valence-electron chi connectivity index (χ0n) is 15.4. The van der Waals surface area contributed by atoms with Crippen LogP contribution >= 0.6 is 11.6 Å². The first-order chi connectivity index (χ1) is 10.2. The second kappa shape index (κ2) is 7.73. The second-order valence-electron chi connectivity index (χ2n) is 7.49. The fourth-order valence-electron chi connectivity index (χ4n) is 2.38. The van der Waals surface area contributed by atoms with E-state index in [1.807, 2.05) is 0 Å². The lowest BCUT2D eigenvalue weighted by Gasteiger charge is -2.31. The van der Waals surface area contributed by atoms with E-state index in [9.17, 15) is 0 Å². The maximum Gasteiger partial charge on any atom is 0.123 e. The van der Waals surface area contributed by atoms with Gasteiger partial charge in [-0.1, -0.05) is 60.6 Å². The summed E-state index contributed by atoms with van der Waals surface area (Å²) < 4.78 is 6.20. The number of rotatable bonds is 8. The van der Waals surface area contributed by atoms with Crippen LogP contribution in [0.5, 0.6) is 5.75 Å². The lowest BCUT2D eigenvalue weighted by molar-refractivity contribution is 0.214. The van der Waals surface area contributed by atoms with Gasteiger partial charge in [0.2, 0.25) is 0 Å². The maximum absolute atomic E-state index is 6.20. The third kappa shape index (κ3) is 4.41. The summed E-state index contributed by atoms with van der Waals surface area (Å²) in [7, 11) is 0. The predicted molar refractivity (Wildman–Crippen MR) is 98.5 cm³/mol. The predicted octanol–water partition coefficient (Wildman–Crippen LogP) is 6.46. The largest absolute Gasteiger partial charge is 0.489 e. The van der Waals surface area contributed by atoms with E-state index in [1.165, 1.54) is 11.1 Å². The van der Waals surface area contributed by atoms with Gasteiger partial charge in [0.1, 0.15) is 11.9 Å². The van der Waals surface area contributed by atoms with E-state index in [-0.39, 0.29) is 16.9 Å². The second-order valence-corrected chi connectivity index (χ2v) is 7.80. The molecule has 1 unspecified atom stereocenters. The SMILES string of the molecule is CCC(CCl)Oc1ccc(C(C)(C)CC)cc1C(C)(C)CC. The standard InChI is InChI=1S/C20H33ClO/c1-8-16(14-21)22-18-12-11-15(19(4,5)9-2)13-17(18)20(6,7)10-3/h11-13,16H,8-10,14H2,1-7H3. The first-order valence-corrected chi connectivity index (χ1v) is 9.12. The molecule has 2 heteroatoms. The fraction of sp³-hybridized carbons (Fsp3) is 0.700. The smallest absolute Gasteiger partial charge is 0.123 e. The van der Waals surface area contributed by atoms with Crippen molar-refractivity contribution in [3.63, 3.8) is 0 Å². The Morgan fingerprint density at radius 3 is 2.05 bits per heavy atom. The highest BCUT2D eigenvalue weighted by Crippen LogP contribution is 2.38. The van der Waals surface area contributed by atoms with Gasteiger partial charge in [0.15, 0.2) is 0 Å². The quantitative estimate of drug-likeness (QED) is 0.499. The Morgan fingerprint density at radius 2 is 1.59 bits per heavy atom. The summed E-state index contributed by atoms with van der Waals surface area (Å²) in [5, 5.41) is 0. The Bertz CT molecular complexity index is 473. The zero-order chi connectivity index (χ0) is 17.0. The molecule has 0 N–H and O–H groups in total. The average Bonchev–Trinajstić information content (AvgIpc) is 2.52. The zero-order valence-corrected chi connectivity index (χ0v) is 16.2. The molecule has 0 radical (unpaired) electrons. The topological polar surface area (TPSA) is 9.23 Å². The Labute approximate surface area is 142 Å². The van der Waals surface area contributed by atoms with Gasteiger partial charge in [0.25, 0.3) is 0 Å². The summed E-state index contributed by atoms with van der Waals surface area (Å²) in [6.45, 7) is 15.8. The van der Waals surface area contributed by atoms with Gasteiger partial charge < -0.3 is 4.74 Å². The van der Waals surface area contributed by atoms with Crippen molar-refractivity contribution in [2.75, 3.05) is 5.88 Å². The molecule has 0 aliphatic rings. The van der Waals surface area contributed by atoms with Gasteiger partial charge in [-0.15, -0.1) is 11.6 Å². The Hall–Kier alpha value is -0.690. The van der Waals surface area contributed by atoms with Gasteiger partial charge in [0, 0.05) is 5.56 Å². The molecule has 0 bridgehead atoms. The molecule has 0 aliphatic heterocycles. The molecular weight excluding hydrogens is 292 g/mol. The molecule has 0 saturated carbocycles. The number of ether oxygens (including phenoxy) is 1. The van der Waals surface area contributed by atoms with Gasteiger partial charge >= 0.3 is 0 Å². The number of alkyl halides is 1. The van der Waals surface area contributed by atoms with E-state index in [0.29, 0.717) is 5.88 Å². The molecule has 0 spiro atoms. The molecule has 1 aromatic rings. The first-order valence-electron chi connectivity index (χ1n) is 8.59. The van der Waals surface area contributed by atoms with E-state index in [2.05, 4.69) is 66.7 Å². The van der Waals surface area contributed by atoms with Gasteiger partial charge in [-0.3, -0.25) is 0 Å². The molecular formula is C20H33ClO. The maximum atomic E-state index is 6.20. The monoisotopic (exact) mass is 324 g/mol. The Morgan fingerprint density at radius 1 is 1.00 bits per heavy atom. The molecule has 1 nitrogen and oxygen atoms in total. The van der Waals surface area contributed by atoms with Crippen molar-refractivity contribution < 1.29 is 4.74 Å². The summed E-state index contributed by atoms with van der Waals surface area (Å²) in [5.41, 5.74) is 2.98. The lowest BCUT2D eigenvalue weighted by atomic mass is 9.76. The molecule has 126 valence electrons. The molecule has 1 rings (SSSR count). The third-order valence-corrected chi connectivity index (χ3v) is 5.52. The number of hydrogen-bond acceptors (Lipinski definition) is 1. The molecule has 0 heterocycles. The van der Waals surface area contributed by atoms with Crippen LogP contribution in [-0.4, -0.2) is 12.0 Å². The minimum Gasteiger partial charge on any atom is -0.489 e. The number of hydrogen-bond donors (Lipinski definition) is 0. The summed E-state index contributed by atoms with van der Waals surface area (Å²) in [6.07, 6.45) is 3.21. The average molecular weight is 325 g/mol. The summed E-state index contributed by atoms with van der Waals surface area (Å²) in [4.78, 5) is 0. The van der Waals surface area contributed by atoms with Gasteiger partial charge in [0.05, 0.1) is 5.88 Å². The third-order valence-electron chi connectivity index (χ3n) is 5.18. The van der Waals surface area contributed by atoms with Crippen LogP contribution < -0.4 is 4.74 Å². The molecule has 0 aromatic heterocycles. The highest BCUT2D eigenvalue weighted by molar-refractivity contribution is 6.18. The summed E-state index contributed by atoms with van der Waals surface area (Å²) >= 11 is 6.02. The molecule has 0 fully saturated rings. The minimum absolute atomic E-state index is 0.0816. The molecule has 0 amide bonds. The van der Waals surface area contributed by atoms with Crippen LogP contribution in [0.25, 0.3) is 0 Å². The highest BCUT2D eigenvalue weighted by atomic mass is 35.5. The molecule has 22 heavy (non-hydrogen) atoms. The van der Waals surface area contributed by atoms with Gasteiger partial charge in [-0.25, -0.2) is 0 Å². The molecule has 1 atom stereocenters. The summed E-state index contributed by atoms with van der Waals surface area (Å²) in [5.74, 6) is 1.53. The van der Waals surface area contributed by atoms with E-state index >= 15 is 0 Å². The van der Waals surface area contributed by atoms with Crippen molar-refractivity contribution in [3.8, 4) is 5.75 Å². The van der Waals surface area contributed by atoms with Gasteiger partial charge in [-0.2, -0.15) is 0 Å². The van der Waals surface area contributed by atoms with Crippen LogP contribution in [0.3, 0.4) is 0 Å². The van der Waals surface area contributed by atoms with Crippen LogP contribution in [0.1, 0.15) is 78.9 Å². The first kappa shape index (κ1) is 19.4. The Balaban J connectivity index is 3.33. The fourth-order valence-corrected chi connectivity index (χ4v) is 2.66. The Kier molecular flexibility index (Phi) is 6.80. The normalized spacial score (nSPS) is 14.0. The van der Waals surface area contributed by atoms with Crippen molar-refractivity contribution in [2.24, 2.45) is 0 Å². The number of benzene rings is 1. The molecule has 0 saturated heterocycles. The van der Waals surface area contributed by atoms with E-state index in [4.69, 9.17) is 16.3 Å². The van der Waals surface area contributed by atoms with Crippen LogP contribution in [0.2, 0.25) is 0 Å². The van der Waals surface area contributed by atoms with Crippen molar-refractivity contribution in [1.82, 2.24) is 0 Å². The van der Waals surface area contributed by atoms with Crippen LogP contribution in [0, 0.1) is 0 Å². The van der Waals surface area contributed by atoms with E-state index in [0.717, 1.165) is 25.0 Å². The minimum atomic E-state index is 0.0816. The highest BCUT2D eigenvalue weighted by Gasteiger charge is 2.27. The van der Waals surface area contributed by atoms with Gasteiger partial charge in [-0.05, 0) is 41.7 Å². The molecule has 0 aliphatic carbocycles. The molecule has 1 aromatic carbocycles. The summed E-state index contributed by atoms with van der Waals surface area (Å²) in [6, 6.07) is 6.72. The van der Waals surface area contributed by atoms with Crippen molar-refractivity contribution in [3.05, 3.63) is 29.3 Å². The van der Waals surface area contributed by atoms with Crippen LogP contribution in [0.4, 0.5) is 0 Å². The lowest BCUT2D eigenvalue weighted by Crippen LogP contribution is -2.24. The van der Waals surface area contributed by atoms with E-state index in [1.54, 1.807) is 0 Å². The van der Waals surface area contributed by atoms with Crippen molar-refractivity contribution >= 4 is 11.6 Å². The number of halogens is 1. The van der Waals surface area contributed by atoms with Crippen LogP contribution in [0.15, 0.2) is 18.2 Å². The van der Waals surface area contributed by atoms with Crippen molar-refractivity contribution in [1.29, 1.82) is 0 Å². The van der Waals surface area contributed by atoms with E-state index < -0.39 is 0 Å². The van der Waals surface area contributed by atoms with Crippen molar-refractivity contribution in [2.45, 2.75) is 84.7 Å². The van der Waals surface area contributed by atoms with Crippen LogP contribution in [-0.2, 0) is 10.8 Å².